The summed E-state index contributed by atoms with van der Waals surface area (Å²) in [5, 5.41) is 3.37. The van der Waals surface area contributed by atoms with E-state index in [9.17, 15) is 0 Å². The Balaban J connectivity index is 1.93. The SMILES string of the molecule is CCc1ccc(C(NC)c2ccc3c(c2)CCC3)o1. The molecule has 1 N–H and O–H groups in total. The molecule has 0 saturated heterocycles. The van der Waals surface area contributed by atoms with Crippen molar-refractivity contribution in [1.29, 1.82) is 0 Å². The quantitative estimate of drug-likeness (QED) is 0.902. The van der Waals surface area contributed by atoms with Gasteiger partial charge in [0, 0.05) is 6.42 Å². The average molecular weight is 255 g/mol. The van der Waals surface area contributed by atoms with E-state index < -0.39 is 0 Å². The number of hydrogen-bond acceptors (Lipinski definition) is 2. The molecule has 1 aromatic heterocycles. The summed E-state index contributed by atoms with van der Waals surface area (Å²) >= 11 is 0. The molecule has 2 nitrogen and oxygen atoms in total. The molecule has 3 rings (SSSR count). The van der Waals surface area contributed by atoms with Gasteiger partial charge in [-0.25, -0.2) is 0 Å². The third kappa shape index (κ3) is 2.33. The van der Waals surface area contributed by atoms with Crippen molar-refractivity contribution >= 4 is 0 Å². The van der Waals surface area contributed by atoms with Crippen molar-refractivity contribution in [2.24, 2.45) is 0 Å². The van der Waals surface area contributed by atoms with Crippen LogP contribution in [0.1, 0.15) is 47.6 Å². The first-order chi connectivity index (χ1) is 9.31. The van der Waals surface area contributed by atoms with Crippen LogP contribution in [0.4, 0.5) is 0 Å². The smallest absolute Gasteiger partial charge is 0.125 e. The number of rotatable bonds is 4. The van der Waals surface area contributed by atoms with Gasteiger partial charge in [0.1, 0.15) is 11.5 Å². The van der Waals surface area contributed by atoms with Gasteiger partial charge in [-0.1, -0.05) is 25.1 Å². The zero-order chi connectivity index (χ0) is 13.2. The fourth-order valence-electron chi connectivity index (χ4n) is 2.98. The Morgan fingerprint density at radius 2 is 2.00 bits per heavy atom. The van der Waals surface area contributed by atoms with Crippen molar-refractivity contribution in [3.05, 3.63) is 58.5 Å². The lowest BCUT2D eigenvalue weighted by Gasteiger charge is -2.15. The molecule has 0 saturated carbocycles. The molecular weight excluding hydrogens is 234 g/mol. The van der Waals surface area contributed by atoms with Gasteiger partial charge < -0.3 is 9.73 Å². The van der Waals surface area contributed by atoms with Crippen molar-refractivity contribution < 1.29 is 4.42 Å². The van der Waals surface area contributed by atoms with Crippen LogP contribution < -0.4 is 5.32 Å². The Morgan fingerprint density at radius 1 is 1.16 bits per heavy atom. The highest BCUT2D eigenvalue weighted by Crippen LogP contribution is 2.29. The number of nitrogens with one attached hydrogen (secondary N) is 1. The molecule has 0 bridgehead atoms. The highest BCUT2D eigenvalue weighted by atomic mass is 16.3. The van der Waals surface area contributed by atoms with Gasteiger partial charge in [-0.05, 0) is 55.1 Å². The predicted molar refractivity (Wildman–Crippen MR) is 77.5 cm³/mol. The van der Waals surface area contributed by atoms with Crippen LogP contribution in [0.25, 0.3) is 0 Å². The standard InChI is InChI=1S/C17H21NO/c1-3-15-9-10-16(19-15)17(18-2)14-8-7-12-5-4-6-13(12)11-14/h7-11,17-18H,3-6H2,1-2H3. The van der Waals surface area contributed by atoms with Crippen LogP contribution in [0.15, 0.2) is 34.7 Å². The van der Waals surface area contributed by atoms with Gasteiger partial charge in [-0.3, -0.25) is 0 Å². The Bertz CT molecular complexity index is 570. The van der Waals surface area contributed by atoms with Crippen LogP contribution in [-0.4, -0.2) is 7.05 Å². The molecule has 100 valence electrons. The fourth-order valence-corrected chi connectivity index (χ4v) is 2.98. The Morgan fingerprint density at radius 3 is 2.74 bits per heavy atom. The molecule has 0 radical (unpaired) electrons. The van der Waals surface area contributed by atoms with Gasteiger partial charge >= 0.3 is 0 Å². The third-order valence-electron chi connectivity index (χ3n) is 4.06. The van der Waals surface area contributed by atoms with E-state index >= 15 is 0 Å². The minimum atomic E-state index is 0.159. The van der Waals surface area contributed by atoms with Crippen molar-refractivity contribution in [3.63, 3.8) is 0 Å². The van der Waals surface area contributed by atoms with Crippen molar-refractivity contribution in [3.8, 4) is 0 Å². The van der Waals surface area contributed by atoms with Crippen molar-refractivity contribution in [2.45, 2.75) is 38.6 Å². The molecule has 0 spiro atoms. The van der Waals surface area contributed by atoms with E-state index in [0.717, 1.165) is 17.9 Å². The van der Waals surface area contributed by atoms with E-state index in [2.05, 4.69) is 42.6 Å². The first kappa shape index (κ1) is 12.5. The fraction of sp³-hybridized carbons (Fsp3) is 0.412. The second-order valence-electron chi connectivity index (χ2n) is 5.26. The topological polar surface area (TPSA) is 25.2 Å². The summed E-state index contributed by atoms with van der Waals surface area (Å²) in [6.07, 6.45) is 4.70. The summed E-state index contributed by atoms with van der Waals surface area (Å²) < 4.78 is 5.90. The van der Waals surface area contributed by atoms with E-state index in [1.807, 2.05) is 7.05 Å². The lowest BCUT2D eigenvalue weighted by atomic mass is 10.00. The summed E-state index contributed by atoms with van der Waals surface area (Å²) in [4.78, 5) is 0. The molecule has 0 amide bonds. The molecule has 1 aromatic carbocycles. The number of benzene rings is 1. The Kier molecular flexibility index (Phi) is 3.43. The van der Waals surface area contributed by atoms with Gasteiger partial charge in [-0.15, -0.1) is 0 Å². The molecule has 0 fully saturated rings. The lowest BCUT2D eigenvalue weighted by Crippen LogP contribution is -2.17. The third-order valence-corrected chi connectivity index (χ3v) is 4.06. The normalized spacial score (nSPS) is 15.5. The van der Waals surface area contributed by atoms with Gasteiger partial charge in [0.2, 0.25) is 0 Å². The molecule has 0 aliphatic heterocycles. The molecule has 1 atom stereocenters. The first-order valence-electron chi connectivity index (χ1n) is 7.19. The largest absolute Gasteiger partial charge is 0.464 e. The van der Waals surface area contributed by atoms with E-state index in [1.165, 1.54) is 36.0 Å². The van der Waals surface area contributed by atoms with Gasteiger partial charge in [-0.2, -0.15) is 0 Å². The average Bonchev–Trinajstić information content (AvgIpc) is 3.07. The van der Waals surface area contributed by atoms with Crippen LogP contribution in [0, 0.1) is 0 Å². The summed E-state index contributed by atoms with van der Waals surface area (Å²) in [7, 11) is 1.99. The van der Waals surface area contributed by atoms with Gasteiger partial charge in [0.15, 0.2) is 0 Å². The summed E-state index contributed by atoms with van der Waals surface area (Å²) in [5.41, 5.74) is 4.34. The van der Waals surface area contributed by atoms with Crippen LogP contribution >= 0.6 is 0 Å². The first-order valence-corrected chi connectivity index (χ1v) is 7.19. The maximum atomic E-state index is 5.90. The second-order valence-corrected chi connectivity index (χ2v) is 5.26. The van der Waals surface area contributed by atoms with Crippen LogP contribution in [0.5, 0.6) is 0 Å². The number of furan rings is 1. The molecule has 1 heterocycles. The zero-order valence-corrected chi connectivity index (χ0v) is 11.7. The summed E-state index contributed by atoms with van der Waals surface area (Å²) in [5.74, 6) is 2.06. The van der Waals surface area contributed by atoms with E-state index in [-0.39, 0.29) is 6.04 Å². The molecule has 2 heteroatoms. The molecule has 1 aliphatic carbocycles. The monoisotopic (exact) mass is 255 g/mol. The molecular formula is C17H21NO. The Labute approximate surface area is 114 Å². The van der Waals surface area contributed by atoms with Crippen LogP contribution in [0.2, 0.25) is 0 Å². The molecule has 19 heavy (non-hydrogen) atoms. The van der Waals surface area contributed by atoms with Gasteiger partial charge in [0.25, 0.3) is 0 Å². The number of fused-ring (bicyclic) bond motifs is 1. The summed E-state index contributed by atoms with van der Waals surface area (Å²) in [6, 6.07) is 11.2. The summed E-state index contributed by atoms with van der Waals surface area (Å²) in [6.45, 7) is 2.12. The number of hydrogen-bond donors (Lipinski definition) is 1. The minimum absolute atomic E-state index is 0.159. The highest BCUT2D eigenvalue weighted by Gasteiger charge is 2.18. The van der Waals surface area contributed by atoms with Crippen LogP contribution in [-0.2, 0) is 19.3 Å². The van der Waals surface area contributed by atoms with Crippen molar-refractivity contribution in [1.82, 2.24) is 5.32 Å². The molecule has 2 aromatic rings. The van der Waals surface area contributed by atoms with E-state index in [0.29, 0.717) is 0 Å². The van der Waals surface area contributed by atoms with E-state index in [1.54, 1.807) is 0 Å². The highest BCUT2D eigenvalue weighted by molar-refractivity contribution is 5.38. The zero-order valence-electron chi connectivity index (χ0n) is 11.7. The van der Waals surface area contributed by atoms with E-state index in [4.69, 9.17) is 4.42 Å². The predicted octanol–water partition coefficient (Wildman–Crippen LogP) is 3.64. The van der Waals surface area contributed by atoms with Gasteiger partial charge in [0.05, 0.1) is 6.04 Å². The van der Waals surface area contributed by atoms with Crippen molar-refractivity contribution in [2.75, 3.05) is 7.05 Å². The minimum Gasteiger partial charge on any atom is -0.464 e. The lowest BCUT2D eigenvalue weighted by molar-refractivity contribution is 0.434. The molecule has 1 unspecified atom stereocenters. The maximum Gasteiger partial charge on any atom is 0.125 e. The Hall–Kier alpha value is -1.54. The number of aryl methyl sites for hydroxylation is 3. The van der Waals surface area contributed by atoms with Crippen LogP contribution in [0.3, 0.4) is 0 Å². The maximum absolute atomic E-state index is 5.90. The molecule has 1 aliphatic rings. The second kappa shape index (κ2) is 5.22.